The average Bonchev–Trinajstić information content (AvgIpc) is 2.28. The van der Waals surface area contributed by atoms with Crippen molar-refractivity contribution in [3.8, 4) is 5.75 Å². The Balaban J connectivity index is 2.81. The number of halogens is 2. The molecule has 0 bridgehead atoms. The third-order valence-corrected chi connectivity index (χ3v) is 2.54. The van der Waals surface area contributed by atoms with Crippen LogP contribution in [0.5, 0.6) is 5.75 Å². The molecule has 4 nitrogen and oxygen atoms in total. The average molecular weight is 265 g/mol. The third-order valence-electron chi connectivity index (χ3n) is 1.92. The van der Waals surface area contributed by atoms with E-state index in [-0.39, 0.29) is 10.6 Å². The van der Waals surface area contributed by atoms with Crippen molar-refractivity contribution >= 4 is 23.2 Å². The van der Waals surface area contributed by atoms with Crippen LogP contribution in [0.1, 0.15) is 19.8 Å². The number of aromatic nitrogens is 2. The van der Waals surface area contributed by atoms with Gasteiger partial charge in [0.1, 0.15) is 0 Å². The van der Waals surface area contributed by atoms with Gasteiger partial charge in [-0.25, -0.2) is 4.68 Å². The first-order valence-electron chi connectivity index (χ1n) is 5.15. The van der Waals surface area contributed by atoms with Crippen LogP contribution in [0, 0.1) is 0 Å². The summed E-state index contributed by atoms with van der Waals surface area (Å²) in [5.74, 6) is 0.835. The first kappa shape index (κ1) is 13.3. The van der Waals surface area contributed by atoms with Crippen molar-refractivity contribution < 1.29 is 4.74 Å². The van der Waals surface area contributed by atoms with Gasteiger partial charge in [0.05, 0.1) is 12.8 Å². The third kappa shape index (κ3) is 3.39. The van der Waals surface area contributed by atoms with Gasteiger partial charge in [0, 0.05) is 12.4 Å². The standard InChI is InChI=1S/C10H14Cl2N2O2/c1-2-5-14-10(15)9(12)8(7-13-14)16-6-3-4-11/h7H,2-6H2,1H3. The Morgan fingerprint density at radius 1 is 1.56 bits per heavy atom. The normalized spacial score (nSPS) is 10.4. The second kappa shape index (κ2) is 6.76. The molecule has 0 atom stereocenters. The Bertz CT molecular complexity index is 393. The SMILES string of the molecule is CCCn1ncc(OCCCCl)c(Cl)c1=O. The predicted molar refractivity (Wildman–Crippen MR) is 64.6 cm³/mol. The van der Waals surface area contributed by atoms with E-state index in [2.05, 4.69) is 5.10 Å². The monoisotopic (exact) mass is 264 g/mol. The smallest absolute Gasteiger partial charge is 0.289 e. The zero-order valence-electron chi connectivity index (χ0n) is 9.08. The van der Waals surface area contributed by atoms with Crippen molar-refractivity contribution in [3.05, 3.63) is 21.6 Å². The Hall–Kier alpha value is -0.740. The van der Waals surface area contributed by atoms with E-state index in [1.54, 1.807) is 0 Å². The van der Waals surface area contributed by atoms with Gasteiger partial charge in [-0.2, -0.15) is 5.10 Å². The van der Waals surface area contributed by atoms with Crippen LogP contribution in [-0.2, 0) is 6.54 Å². The molecule has 0 saturated carbocycles. The molecule has 0 radical (unpaired) electrons. The minimum Gasteiger partial charge on any atom is -0.490 e. The first-order valence-corrected chi connectivity index (χ1v) is 6.06. The van der Waals surface area contributed by atoms with E-state index >= 15 is 0 Å². The molecule has 0 amide bonds. The zero-order valence-corrected chi connectivity index (χ0v) is 10.6. The lowest BCUT2D eigenvalue weighted by atomic mass is 10.4. The fraction of sp³-hybridized carbons (Fsp3) is 0.600. The van der Waals surface area contributed by atoms with Crippen molar-refractivity contribution in [2.24, 2.45) is 0 Å². The largest absolute Gasteiger partial charge is 0.490 e. The van der Waals surface area contributed by atoms with Crippen molar-refractivity contribution in [2.75, 3.05) is 12.5 Å². The maximum atomic E-state index is 11.7. The van der Waals surface area contributed by atoms with Crippen molar-refractivity contribution in [1.29, 1.82) is 0 Å². The van der Waals surface area contributed by atoms with Gasteiger partial charge >= 0.3 is 0 Å². The second-order valence-electron chi connectivity index (χ2n) is 3.24. The van der Waals surface area contributed by atoms with Gasteiger partial charge < -0.3 is 4.74 Å². The Kier molecular flexibility index (Phi) is 5.63. The summed E-state index contributed by atoms with van der Waals surface area (Å²) in [7, 11) is 0. The van der Waals surface area contributed by atoms with Crippen LogP contribution in [0.4, 0.5) is 0 Å². The molecule has 0 fully saturated rings. The molecule has 6 heteroatoms. The summed E-state index contributed by atoms with van der Waals surface area (Å²) < 4.78 is 6.63. The highest BCUT2D eigenvalue weighted by Gasteiger charge is 2.09. The molecule has 0 saturated heterocycles. The second-order valence-corrected chi connectivity index (χ2v) is 4.00. The fourth-order valence-electron chi connectivity index (χ4n) is 1.16. The summed E-state index contributed by atoms with van der Waals surface area (Å²) in [5.41, 5.74) is -0.313. The molecule has 90 valence electrons. The molecule has 16 heavy (non-hydrogen) atoms. The Labute approximate surface area is 104 Å². The van der Waals surface area contributed by atoms with Gasteiger partial charge in [0.2, 0.25) is 0 Å². The van der Waals surface area contributed by atoms with Crippen LogP contribution in [0.3, 0.4) is 0 Å². The molecule has 1 aromatic rings. The molecule has 1 rings (SSSR count). The first-order chi connectivity index (χ1) is 7.70. The summed E-state index contributed by atoms with van der Waals surface area (Å²) in [6.07, 6.45) is 3.00. The summed E-state index contributed by atoms with van der Waals surface area (Å²) in [5, 5.41) is 4.05. The maximum absolute atomic E-state index is 11.7. The van der Waals surface area contributed by atoms with E-state index in [1.807, 2.05) is 6.92 Å². The molecule has 0 spiro atoms. The summed E-state index contributed by atoms with van der Waals surface area (Å²) in [6, 6.07) is 0. The maximum Gasteiger partial charge on any atom is 0.289 e. The molecule has 0 aliphatic rings. The van der Waals surface area contributed by atoms with Gasteiger partial charge in [-0.05, 0) is 12.8 Å². The van der Waals surface area contributed by atoms with Crippen LogP contribution in [0.15, 0.2) is 11.0 Å². The van der Waals surface area contributed by atoms with Gasteiger partial charge in [0.25, 0.3) is 5.56 Å². The lowest BCUT2D eigenvalue weighted by Crippen LogP contribution is -2.23. The highest BCUT2D eigenvalue weighted by molar-refractivity contribution is 6.31. The number of aryl methyl sites for hydroxylation is 1. The minimum absolute atomic E-state index is 0.0815. The van der Waals surface area contributed by atoms with Crippen LogP contribution < -0.4 is 10.3 Å². The number of ether oxygens (including phenoxy) is 1. The lowest BCUT2D eigenvalue weighted by Gasteiger charge is -2.08. The zero-order chi connectivity index (χ0) is 12.0. The summed E-state index contributed by atoms with van der Waals surface area (Å²) in [4.78, 5) is 11.7. The minimum atomic E-state index is -0.313. The molecule has 0 unspecified atom stereocenters. The van der Waals surface area contributed by atoms with E-state index in [9.17, 15) is 4.79 Å². The Morgan fingerprint density at radius 2 is 2.31 bits per heavy atom. The van der Waals surface area contributed by atoms with Gasteiger partial charge in [0.15, 0.2) is 10.8 Å². The fourth-order valence-corrected chi connectivity index (χ4v) is 1.47. The van der Waals surface area contributed by atoms with Gasteiger partial charge in [-0.15, -0.1) is 11.6 Å². The highest BCUT2D eigenvalue weighted by atomic mass is 35.5. The molecule has 0 N–H and O–H groups in total. The van der Waals surface area contributed by atoms with E-state index < -0.39 is 0 Å². The quantitative estimate of drug-likeness (QED) is 0.585. The molecule has 1 aromatic heterocycles. The molecular weight excluding hydrogens is 251 g/mol. The van der Waals surface area contributed by atoms with E-state index in [0.29, 0.717) is 31.2 Å². The topological polar surface area (TPSA) is 44.1 Å². The number of rotatable bonds is 6. The predicted octanol–water partition coefficient (Wildman–Crippen LogP) is 2.31. The number of hydrogen-bond donors (Lipinski definition) is 0. The number of nitrogens with zero attached hydrogens (tertiary/aromatic N) is 2. The molecular formula is C10H14Cl2N2O2. The van der Waals surface area contributed by atoms with Crippen molar-refractivity contribution in [2.45, 2.75) is 26.3 Å². The van der Waals surface area contributed by atoms with Crippen LogP contribution in [0.2, 0.25) is 5.02 Å². The van der Waals surface area contributed by atoms with Crippen LogP contribution >= 0.6 is 23.2 Å². The molecule has 0 aromatic carbocycles. The summed E-state index contributed by atoms with van der Waals surface area (Å²) in [6.45, 7) is 2.95. The molecule has 0 aliphatic heterocycles. The van der Waals surface area contributed by atoms with E-state index in [1.165, 1.54) is 10.9 Å². The van der Waals surface area contributed by atoms with Crippen LogP contribution in [0.25, 0.3) is 0 Å². The Morgan fingerprint density at radius 3 is 2.94 bits per heavy atom. The number of alkyl halides is 1. The van der Waals surface area contributed by atoms with Crippen molar-refractivity contribution in [3.63, 3.8) is 0 Å². The molecule has 0 aliphatic carbocycles. The number of hydrogen-bond acceptors (Lipinski definition) is 3. The highest BCUT2D eigenvalue weighted by Crippen LogP contribution is 2.18. The molecule has 1 heterocycles. The lowest BCUT2D eigenvalue weighted by molar-refractivity contribution is 0.314. The van der Waals surface area contributed by atoms with E-state index in [4.69, 9.17) is 27.9 Å². The van der Waals surface area contributed by atoms with Crippen molar-refractivity contribution in [1.82, 2.24) is 9.78 Å². The summed E-state index contributed by atoms with van der Waals surface area (Å²) >= 11 is 11.4. The van der Waals surface area contributed by atoms with E-state index in [0.717, 1.165) is 6.42 Å². The van der Waals surface area contributed by atoms with Gasteiger partial charge in [-0.3, -0.25) is 4.79 Å². The van der Waals surface area contributed by atoms with Gasteiger partial charge in [-0.1, -0.05) is 18.5 Å². The van der Waals surface area contributed by atoms with Crippen LogP contribution in [-0.4, -0.2) is 22.3 Å².